The number of aromatic nitrogens is 1. The molecule has 5 heteroatoms. The largest absolute Gasteiger partial charge is 0.488 e. The Morgan fingerprint density at radius 3 is 3.11 bits per heavy atom. The molecule has 3 rings (SSSR count). The molecule has 0 aliphatic carbocycles. The Hall–Kier alpha value is -1.23. The molecule has 96 valence electrons. The van der Waals surface area contributed by atoms with E-state index < -0.39 is 0 Å². The minimum Gasteiger partial charge on any atom is -0.488 e. The number of amides is 1. The van der Waals surface area contributed by atoms with E-state index in [2.05, 4.69) is 4.98 Å². The van der Waals surface area contributed by atoms with E-state index in [0.29, 0.717) is 0 Å². The van der Waals surface area contributed by atoms with Crippen LogP contribution in [0.25, 0.3) is 0 Å². The molecule has 2 saturated heterocycles. The summed E-state index contributed by atoms with van der Waals surface area (Å²) in [6.07, 6.45) is 4.76. The SMILES string of the molecule is CC(=O)N1CC2(C[C@@H](Oc3cccnc3)CS2)C1. The molecule has 0 radical (unpaired) electrons. The summed E-state index contributed by atoms with van der Waals surface area (Å²) in [7, 11) is 0. The number of carbonyl (C=O) groups excluding carboxylic acids is 1. The van der Waals surface area contributed by atoms with Gasteiger partial charge in [0.15, 0.2) is 0 Å². The number of thioether (sulfide) groups is 1. The van der Waals surface area contributed by atoms with E-state index in [1.54, 1.807) is 19.3 Å². The maximum Gasteiger partial charge on any atom is 0.219 e. The zero-order valence-electron chi connectivity index (χ0n) is 10.3. The maximum absolute atomic E-state index is 11.2. The van der Waals surface area contributed by atoms with Crippen LogP contribution >= 0.6 is 11.8 Å². The van der Waals surface area contributed by atoms with E-state index >= 15 is 0 Å². The Bertz CT molecular complexity index is 446. The van der Waals surface area contributed by atoms with Gasteiger partial charge in [0, 0.05) is 38.4 Å². The van der Waals surface area contributed by atoms with Crippen molar-refractivity contribution in [1.82, 2.24) is 9.88 Å². The Balaban J connectivity index is 1.55. The summed E-state index contributed by atoms with van der Waals surface area (Å²) in [6, 6.07) is 3.82. The van der Waals surface area contributed by atoms with E-state index in [1.165, 1.54) is 0 Å². The van der Waals surface area contributed by atoms with E-state index in [4.69, 9.17) is 4.74 Å². The predicted molar refractivity (Wildman–Crippen MR) is 70.7 cm³/mol. The molecule has 0 N–H and O–H groups in total. The molecule has 1 atom stereocenters. The molecule has 0 unspecified atom stereocenters. The zero-order valence-corrected chi connectivity index (χ0v) is 11.2. The minimum absolute atomic E-state index is 0.179. The van der Waals surface area contributed by atoms with Gasteiger partial charge in [0.25, 0.3) is 0 Å². The number of carbonyl (C=O) groups is 1. The van der Waals surface area contributed by atoms with Gasteiger partial charge in [-0.25, -0.2) is 0 Å². The van der Waals surface area contributed by atoms with Crippen LogP contribution in [0.3, 0.4) is 0 Å². The van der Waals surface area contributed by atoms with Crippen LogP contribution in [-0.4, -0.2) is 45.5 Å². The molecule has 1 aromatic heterocycles. The second kappa shape index (κ2) is 4.46. The first-order valence-electron chi connectivity index (χ1n) is 6.13. The van der Waals surface area contributed by atoms with Crippen molar-refractivity contribution < 1.29 is 9.53 Å². The van der Waals surface area contributed by atoms with Gasteiger partial charge in [0.05, 0.1) is 10.9 Å². The highest BCUT2D eigenvalue weighted by atomic mass is 32.2. The van der Waals surface area contributed by atoms with Crippen molar-refractivity contribution in [2.45, 2.75) is 24.2 Å². The second-order valence-electron chi connectivity index (χ2n) is 5.00. The van der Waals surface area contributed by atoms with E-state index in [1.807, 2.05) is 28.8 Å². The van der Waals surface area contributed by atoms with Crippen molar-refractivity contribution >= 4 is 17.7 Å². The molecule has 0 bridgehead atoms. The number of likely N-dealkylation sites (tertiary alicyclic amines) is 1. The number of hydrogen-bond donors (Lipinski definition) is 0. The minimum atomic E-state index is 0.179. The van der Waals surface area contributed by atoms with Crippen LogP contribution in [0.4, 0.5) is 0 Å². The number of ether oxygens (including phenoxy) is 1. The summed E-state index contributed by atoms with van der Waals surface area (Å²) in [5.74, 6) is 2.02. The molecule has 2 aliphatic rings. The van der Waals surface area contributed by atoms with Crippen LogP contribution < -0.4 is 4.74 Å². The standard InChI is InChI=1S/C13H16N2O2S/c1-10(16)15-8-13(9-15)5-12(7-18-13)17-11-3-2-4-14-6-11/h2-4,6,12H,5,7-9H2,1H3/t12-/m1/s1. The highest BCUT2D eigenvalue weighted by molar-refractivity contribution is 8.01. The molecule has 1 aromatic rings. The van der Waals surface area contributed by atoms with Crippen molar-refractivity contribution in [3.63, 3.8) is 0 Å². The van der Waals surface area contributed by atoms with Crippen LogP contribution in [0, 0.1) is 0 Å². The molecule has 4 nitrogen and oxygen atoms in total. The fourth-order valence-corrected chi connectivity index (χ4v) is 4.10. The summed E-state index contributed by atoms with van der Waals surface area (Å²) in [5.41, 5.74) is 0. The average molecular weight is 264 g/mol. The number of nitrogens with zero attached hydrogens (tertiary/aromatic N) is 2. The van der Waals surface area contributed by atoms with Gasteiger partial charge in [-0.3, -0.25) is 9.78 Å². The number of rotatable bonds is 2. The molecule has 3 heterocycles. The number of hydrogen-bond acceptors (Lipinski definition) is 4. The van der Waals surface area contributed by atoms with Crippen LogP contribution in [0.1, 0.15) is 13.3 Å². The Morgan fingerprint density at radius 1 is 1.61 bits per heavy atom. The highest BCUT2D eigenvalue weighted by Crippen LogP contribution is 2.45. The van der Waals surface area contributed by atoms with Crippen molar-refractivity contribution in [3.8, 4) is 5.75 Å². The monoisotopic (exact) mass is 264 g/mol. The summed E-state index contributed by atoms with van der Waals surface area (Å²) >= 11 is 1.94. The van der Waals surface area contributed by atoms with Crippen LogP contribution in [-0.2, 0) is 4.79 Å². The topological polar surface area (TPSA) is 42.4 Å². The third kappa shape index (κ3) is 2.19. The van der Waals surface area contributed by atoms with Gasteiger partial charge in [-0.05, 0) is 12.1 Å². The van der Waals surface area contributed by atoms with Crippen LogP contribution in [0.5, 0.6) is 5.75 Å². The average Bonchev–Trinajstić information content (AvgIpc) is 2.72. The first-order chi connectivity index (χ1) is 8.67. The third-order valence-corrected chi connectivity index (χ3v) is 5.09. The molecule has 18 heavy (non-hydrogen) atoms. The number of pyridine rings is 1. The van der Waals surface area contributed by atoms with E-state index in [9.17, 15) is 4.79 Å². The van der Waals surface area contributed by atoms with Crippen molar-refractivity contribution in [2.75, 3.05) is 18.8 Å². The Labute approximate surface area is 111 Å². The first kappa shape index (κ1) is 11.8. The van der Waals surface area contributed by atoms with Crippen molar-refractivity contribution in [3.05, 3.63) is 24.5 Å². The van der Waals surface area contributed by atoms with Gasteiger partial charge in [0.1, 0.15) is 11.9 Å². The first-order valence-corrected chi connectivity index (χ1v) is 7.12. The molecule has 1 amide bonds. The van der Waals surface area contributed by atoms with E-state index in [-0.39, 0.29) is 16.8 Å². The zero-order chi connectivity index (χ0) is 12.6. The summed E-state index contributed by atoms with van der Waals surface area (Å²) in [4.78, 5) is 17.2. The van der Waals surface area contributed by atoms with Gasteiger partial charge in [0.2, 0.25) is 5.91 Å². The van der Waals surface area contributed by atoms with Gasteiger partial charge in [-0.2, -0.15) is 0 Å². The lowest BCUT2D eigenvalue weighted by Crippen LogP contribution is -2.60. The predicted octanol–water partition coefficient (Wildman–Crippen LogP) is 1.57. The summed E-state index contributed by atoms with van der Waals surface area (Å²) in [5, 5.41) is 0. The smallest absolute Gasteiger partial charge is 0.219 e. The highest BCUT2D eigenvalue weighted by Gasteiger charge is 2.50. The Morgan fingerprint density at radius 2 is 2.44 bits per heavy atom. The van der Waals surface area contributed by atoms with Gasteiger partial charge >= 0.3 is 0 Å². The third-order valence-electron chi connectivity index (χ3n) is 3.52. The molecular weight excluding hydrogens is 248 g/mol. The summed E-state index contributed by atoms with van der Waals surface area (Å²) < 4.78 is 6.16. The lowest BCUT2D eigenvalue weighted by molar-refractivity contribution is -0.134. The second-order valence-corrected chi connectivity index (χ2v) is 6.49. The molecule has 0 saturated carbocycles. The molecule has 2 aliphatic heterocycles. The quantitative estimate of drug-likeness (QED) is 0.813. The lowest BCUT2D eigenvalue weighted by atomic mass is 9.93. The molecule has 2 fully saturated rings. The fraction of sp³-hybridized carbons (Fsp3) is 0.538. The van der Waals surface area contributed by atoms with Crippen LogP contribution in [0.2, 0.25) is 0 Å². The van der Waals surface area contributed by atoms with Crippen LogP contribution in [0.15, 0.2) is 24.5 Å². The Kier molecular flexibility index (Phi) is 2.93. The van der Waals surface area contributed by atoms with Gasteiger partial charge < -0.3 is 9.64 Å². The normalized spacial score (nSPS) is 24.9. The molecule has 0 aromatic carbocycles. The van der Waals surface area contributed by atoms with Gasteiger partial charge in [-0.15, -0.1) is 11.8 Å². The summed E-state index contributed by atoms with van der Waals surface area (Å²) in [6.45, 7) is 3.38. The van der Waals surface area contributed by atoms with Crippen molar-refractivity contribution in [2.24, 2.45) is 0 Å². The van der Waals surface area contributed by atoms with Gasteiger partial charge in [-0.1, -0.05) is 0 Å². The van der Waals surface area contributed by atoms with Crippen molar-refractivity contribution in [1.29, 1.82) is 0 Å². The van der Waals surface area contributed by atoms with E-state index in [0.717, 1.165) is 31.0 Å². The fourth-order valence-electron chi connectivity index (χ4n) is 2.58. The lowest BCUT2D eigenvalue weighted by Gasteiger charge is -2.47. The molecular formula is C13H16N2O2S. The molecule has 1 spiro atoms. The maximum atomic E-state index is 11.2.